The van der Waals surface area contributed by atoms with Crippen LogP contribution in [0.4, 0.5) is 0 Å². The van der Waals surface area contributed by atoms with Crippen molar-refractivity contribution >= 4 is 17.2 Å². The van der Waals surface area contributed by atoms with E-state index in [1.807, 2.05) is 27.6 Å². The summed E-state index contributed by atoms with van der Waals surface area (Å²) in [5, 5.41) is 3.99. The van der Waals surface area contributed by atoms with Crippen molar-refractivity contribution < 1.29 is 4.79 Å². The number of amides is 1. The summed E-state index contributed by atoms with van der Waals surface area (Å²) in [6.45, 7) is 0. The lowest BCUT2D eigenvalue weighted by atomic mass is 10.3. The predicted molar refractivity (Wildman–Crippen MR) is 52.2 cm³/mol. The van der Waals surface area contributed by atoms with E-state index in [1.54, 1.807) is 23.6 Å². The average Bonchev–Trinajstić information content (AvgIpc) is 2.75. The fourth-order valence-corrected chi connectivity index (χ4v) is 1.74. The first-order valence-electron chi connectivity index (χ1n) is 3.78. The van der Waals surface area contributed by atoms with E-state index in [-0.39, 0.29) is 0 Å². The van der Waals surface area contributed by atoms with Crippen LogP contribution in [0.5, 0.6) is 0 Å². The second kappa shape index (κ2) is 3.06. The zero-order valence-electron chi connectivity index (χ0n) is 6.81. The number of nitrogens with two attached hydrogens (primary N) is 1. The molecule has 0 aliphatic carbocycles. The molecule has 3 nitrogen and oxygen atoms in total. The third-order valence-electron chi connectivity index (χ3n) is 1.78. The monoisotopic (exact) mass is 192 g/mol. The number of hydrogen-bond acceptors (Lipinski definition) is 2. The van der Waals surface area contributed by atoms with Crippen molar-refractivity contribution in [2.45, 2.75) is 0 Å². The molecule has 2 aromatic rings. The minimum atomic E-state index is -0.394. The third kappa shape index (κ3) is 1.48. The Balaban J connectivity index is 2.39. The molecule has 2 rings (SSSR count). The van der Waals surface area contributed by atoms with Crippen molar-refractivity contribution in [3.8, 4) is 5.69 Å². The lowest BCUT2D eigenvalue weighted by Crippen LogP contribution is -2.09. The van der Waals surface area contributed by atoms with Gasteiger partial charge in [0.2, 0.25) is 5.91 Å². The highest BCUT2D eigenvalue weighted by molar-refractivity contribution is 7.08. The average molecular weight is 192 g/mol. The van der Waals surface area contributed by atoms with Crippen molar-refractivity contribution in [2.75, 3.05) is 0 Å². The Labute approximate surface area is 79.4 Å². The number of rotatable bonds is 2. The Morgan fingerprint density at radius 3 is 2.85 bits per heavy atom. The van der Waals surface area contributed by atoms with E-state index in [4.69, 9.17) is 5.73 Å². The van der Waals surface area contributed by atoms with Crippen LogP contribution in [0.25, 0.3) is 5.69 Å². The SMILES string of the molecule is NC(=O)c1ccn(-c2ccsc2)c1. The minimum absolute atomic E-state index is 0.394. The fraction of sp³-hybridized carbons (Fsp3) is 0. The van der Waals surface area contributed by atoms with Crippen LogP contribution in [-0.4, -0.2) is 10.5 Å². The predicted octanol–water partition coefficient (Wildman–Crippen LogP) is 1.64. The molecule has 1 amide bonds. The van der Waals surface area contributed by atoms with E-state index in [2.05, 4.69) is 0 Å². The molecule has 0 aliphatic heterocycles. The molecule has 0 unspecified atom stereocenters. The Kier molecular flexibility index (Phi) is 1.90. The topological polar surface area (TPSA) is 48.0 Å². The van der Waals surface area contributed by atoms with Crippen LogP contribution in [-0.2, 0) is 0 Å². The second-order valence-corrected chi connectivity index (χ2v) is 3.43. The van der Waals surface area contributed by atoms with Gasteiger partial charge in [-0.25, -0.2) is 0 Å². The Morgan fingerprint density at radius 1 is 1.46 bits per heavy atom. The highest BCUT2D eigenvalue weighted by Crippen LogP contribution is 2.13. The van der Waals surface area contributed by atoms with Crippen LogP contribution in [0, 0.1) is 0 Å². The minimum Gasteiger partial charge on any atom is -0.366 e. The van der Waals surface area contributed by atoms with Gasteiger partial charge >= 0.3 is 0 Å². The van der Waals surface area contributed by atoms with Gasteiger partial charge < -0.3 is 10.3 Å². The summed E-state index contributed by atoms with van der Waals surface area (Å²) in [4.78, 5) is 10.8. The summed E-state index contributed by atoms with van der Waals surface area (Å²) >= 11 is 1.62. The van der Waals surface area contributed by atoms with E-state index in [0.29, 0.717) is 5.56 Å². The molecule has 0 saturated carbocycles. The molecule has 0 saturated heterocycles. The third-order valence-corrected chi connectivity index (χ3v) is 2.45. The number of hydrogen-bond donors (Lipinski definition) is 1. The van der Waals surface area contributed by atoms with Crippen LogP contribution in [0.1, 0.15) is 10.4 Å². The van der Waals surface area contributed by atoms with E-state index in [1.165, 1.54) is 0 Å². The summed E-state index contributed by atoms with van der Waals surface area (Å²) in [6, 6.07) is 3.69. The molecule has 0 fully saturated rings. The molecule has 0 spiro atoms. The van der Waals surface area contributed by atoms with Gasteiger partial charge in [0.05, 0.1) is 11.3 Å². The molecule has 0 radical (unpaired) electrons. The van der Waals surface area contributed by atoms with Crippen molar-refractivity contribution in [3.63, 3.8) is 0 Å². The van der Waals surface area contributed by atoms with Crippen LogP contribution in [0.3, 0.4) is 0 Å². The van der Waals surface area contributed by atoms with Crippen molar-refractivity contribution in [1.29, 1.82) is 0 Å². The van der Waals surface area contributed by atoms with Crippen LogP contribution in [0.15, 0.2) is 35.3 Å². The summed E-state index contributed by atoms with van der Waals surface area (Å²) in [7, 11) is 0. The van der Waals surface area contributed by atoms with Gasteiger partial charge in [0.1, 0.15) is 0 Å². The van der Waals surface area contributed by atoms with Crippen molar-refractivity contribution in [2.24, 2.45) is 5.73 Å². The van der Waals surface area contributed by atoms with E-state index >= 15 is 0 Å². The largest absolute Gasteiger partial charge is 0.366 e. The molecular weight excluding hydrogens is 184 g/mol. The number of aromatic nitrogens is 1. The first kappa shape index (κ1) is 8.07. The highest BCUT2D eigenvalue weighted by atomic mass is 32.1. The summed E-state index contributed by atoms with van der Waals surface area (Å²) < 4.78 is 1.87. The molecule has 0 bridgehead atoms. The van der Waals surface area contributed by atoms with Crippen molar-refractivity contribution in [3.05, 3.63) is 40.8 Å². The normalized spacial score (nSPS) is 10.2. The van der Waals surface area contributed by atoms with E-state index in [0.717, 1.165) is 5.69 Å². The van der Waals surface area contributed by atoms with Gasteiger partial charge in [-0.05, 0) is 17.5 Å². The van der Waals surface area contributed by atoms with Gasteiger partial charge in [0, 0.05) is 17.8 Å². The Morgan fingerprint density at radius 2 is 2.31 bits per heavy atom. The van der Waals surface area contributed by atoms with E-state index < -0.39 is 5.91 Å². The van der Waals surface area contributed by atoms with Crippen LogP contribution >= 0.6 is 11.3 Å². The van der Waals surface area contributed by atoms with Crippen LogP contribution in [0.2, 0.25) is 0 Å². The molecule has 66 valence electrons. The van der Waals surface area contributed by atoms with Gasteiger partial charge in [-0.15, -0.1) is 0 Å². The lowest BCUT2D eigenvalue weighted by molar-refractivity contribution is 0.100. The molecule has 0 aromatic carbocycles. The number of carbonyl (C=O) groups is 1. The number of primary amides is 1. The first-order chi connectivity index (χ1) is 6.27. The molecule has 2 heterocycles. The Hall–Kier alpha value is -1.55. The van der Waals surface area contributed by atoms with Gasteiger partial charge in [-0.1, -0.05) is 0 Å². The smallest absolute Gasteiger partial charge is 0.250 e. The number of carbonyl (C=O) groups excluding carboxylic acids is 1. The van der Waals surface area contributed by atoms with Crippen molar-refractivity contribution in [1.82, 2.24) is 4.57 Å². The maximum absolute atomic E-state index is 10.8. The summed E-state index contributed by atoms with van der Waals surface area (Å²) in [6.07, 6.45) is 3.55. The maximum Gasteiger partial charge on any atom is 0.250 e. The lowest BCUT2D eigenvalue weighted by Gasteiger charge is -1.95. The van der Waals surface area contributed by atoms with Gasteiger partial charge in [-0.2, -0.15) is 11.3 Å². The van der Waals surface area contributed by atoms with Gasteiger partial charge in [-0.3, -0.25) is 4.79 Å². The zero-order chi connectivity index (χ0) is 9.26. The zero-order valence-corrected chi connectivity index (χ0v) is 7.62. The number of thiophene rings is 1. The quantitative estimate of drug-likeness (QED) is 0.772. The first-order valence-corrected chi connectivity index (χ1v) is 4.72. The fourth-order valence-electron chi connectivity index (χ4n) is 1.11. The molecule has 4 heteroatoms. The maximum atomic E-state index is 10.8. The second-order valence-electron chi connectivity index (χ2n) is 2.65. The summed E-state index contributed by atoms with van der Waals surface area (Å²) in [5.41, 5.74) is 6.72. The standard InChI is InChI=1S/C9H8N2OS/c10-9(12)7-1-3-11(5-7)8-2-4-13-6-8/h1-6H,(H2,10,12). The number of nitrogens with zero attached hydrogens (tertiary/aromatic N) is 1. The summed E-state index contributed by atoms with van der Waals surface area (Å²) in [5.74, 6) is -0.394. The van der Waals surface area contributed by atoms with Crippen LogP contribution < -0.4 is 5.73 Å². The van der Waals surface area contributed by atoms with Gasteiger partial charge in [0.15, 0.2) is 0 Å². The highest BCUT2D eigenvalue weighted by Gasteiger charge is 2.03. The van der Waals surface area contributed by atoms with Gasteiger partial charge in [0.25, 0.3) is 0 Å². The Bertz CT molecular complexity index is 417. The molecule has 2 N–H and O–H groups in total. The van der Waals surface area contributed by atoms with E-state index in [9.17, 15) is 4.79 Å². The molecule has 13 heavy (non-hydrogen) atoms. The molecule has 0 aliphatic rings. The molecule has 0 atom stereocenters. The molecular formula is C9H8N2OS. The molecule has 2 aromatic heterocycles.